The van der Waals surface area contributed by atoms with Crippen LogP contribution in [0.4, 0.5) is 5.13 Å². The Bertz CT molecular complexity index is 1030. The van der Waals surface area contributed by atoms with Gasteiger partial charge in [-0.05, 0) is 26.3 Å². The number of rotatable bonds is 7. The number of nitrogens with two attached hydrogens (primary N) is 1. The highest BCUT2D eigenvalue weighted by atomic mass is 32.2. The molecule has 178 valence electrons. The number of thiazole rings is 1. The number of aromatic nitrogens is 1. The topological polar surface area (TPSA) is 161 Å². The molecule has 2 aliphatic heterocycles. The molecular formula is C20H24N4O7S2. The van der Waals surface area contributed by atoms with Crippen LogP contribution in [0.15, 0.2) is 29.3 Å². The number of fused-ring (bicyclic) bond motifs is 1. The van der Waals surface area contributed by atoms with E-state index in [9.17, 15) is 24.3 Å². The first kappa shape index (κ1) is 24.7. The van der Waals surface area contributed by atoms with Crippen LogP contribution >= 0.6 is 23.1 Å². The van der Waals surface area contributed by atoms with Crippen molar-refractivity contribution in [3.05, 3.63) is 35.0 Å². The first-order valence-electron chi connectivity index (χ1n) is 9.79. The fourth-order valence-corrected chi connectivity index (χ4v) is 4.92. The summed E-state index contributed by atoms with van der Waals surface area (Å²) in [5.41, 5.74) is 5.29. The summed E-state index contributed by atoms with van der Waals surface area (Å²) in [7, 11) is 0. The Kier molecular flexibility index (Phi) is 7.14. The number of thioether (sulfide) groups is 1. The molecule has 1 fully saturated rings. The van der Waals surface area contributed by atoms with Gasteiger partial charge in [0.2, 0.25) is 6.79 Å². The lowest BCUT2D eigenvalue weighted by Gasteiger charge is -2.49. The van der Waals surface area contributed by atoms with Crippen molar-refractivity contribution in [2.45, 2.75) is 38.3 Å². The number of anilines is 1. The lowest BCUT2D eigenvalue weighted by atomic mass is 9.98. The van der Waals surface area contributed by atoms with Crippen LogP contribution < -0.4 is 11.1 Å². The average Bonchev–Trinajstić information content (AvgIpc) is 3.20. The van der Waals surface area contributed by atoms with E-state index in [0.717, 1.165) is 11.3 Å². The third-order valence-electron chi connectivity index (χ3n) is 4.80. The largest absolute Gasteiger partial charge is 0.427 e. The van der Waals surface area contributed by atoms with E-state index in [1.165, 1.54) is 28.1 Å². The number of ether oxygens (including phenoxy) is 2. The van der Waals surface area contributed by atoms with Crippen molar-refractivity contribution in [2.75, 3.05) is 18.3 Å². The molecule has 0 aromatic carbocycles. The number of esters is 2. The molecule has 2 amide bonds. The highest BCUT2D eigenvalue weighted by Crippen LogP contribution is 2.41. The molecule has 0 aliphatic carbocycles. The van der Waals surface area contributed by atoms with Gasteiger partial charge in [-0.15, -0.1) is 23.1 Å². The number of nitrogens with one attached hydrogen (secondary N) is 1. The van der Waals surface area contributed by atoms with E-state index in [-0.39, 0.29) is 16.5 Å². The van der Waals surface area contributed by atoms with Crippen LogP contribution in [0.2, 0.25) is 0 Å². The molecule has 1 aromatic rings. The van der Waals surface area contributed by atoms with E-state index in [0.29, 0.717) is 11.3 Å². The average molecular weight is 497 g/mol. The van der Waals surface area contributed by atoms with Crippen LogP contribution in [0, 0.1) is 5.41 Å². The number of amides is 2. The van der Waals surface area contributed by atoms with E-state index < -0.39 is 53.5 Å². The maximum Gasteiger partial charge on any atom is 0.358 e. The summed E-state index contributed by atoms with van der Waals surface area (Å²) >= 11 is 2.39. The molecule has 0 radical (unpaired) electrons. The molecule has 3 heterocycles. The van der Waals surface area contributed by atoms with Crippen molar-refractivity contribution in [3.63, 3.8) is 0 Å². The Morgan fingerprint density at radius 2 is 2.12 bits per heavy atom. The zero-order valence-electron chi connectivity index (χ0n) is 18.2. The summed E-state index contributed by atoms with van der Waals surface area (Å²) in [6.07, 6.45) is -0.147. The molecule has 1 aromatic heterocycles. The number of β-lactam (4-membered cyclic amide) rings is 1. The number of hydrogen-bond donors (Lipinski definition) is 3. The van der Waals surface area contributed by atoms with Crippen molar-refractivity contribution in [1.29, 1.82) is 0 Å². The van der Waals surface area contributed by atoms with Gasteiger partial charge in [-0.3, -0.25) is 19.3 Å². The fourth-order valence-electron chi connectivity index (χ4n) is 3.00. The van der Waals surface area contributed by atoms with Crippen LogP contribution in [0.5, 0.6) is 0 Å². The minimum atomic E-state index is -1.59. The maximum atomic E-state index is 12.8. The summed E-state index contributed by atoms with van der Waals surface area (Å²) in [5.74, 6) is -2.43. The van der Waals surface area contributed by atoms with Crippen molar-refractivity contribution in [1.82, 2.24) is 15.2 Å². The molecule has 3 rings (SSSR count). The molecule has 0 bridgehead atoms. The number of aliphatic hydroxyl groups is 1. The number of aliphatic hydroxyl groups excluding tert-OH is 1. The minimum absolute atomic E-state index is 0.0242. The van der Waals surface area contributed by atoms with Gasteiger partial charge in [-0.1, -0.05) is 12.7 Å². The standard InChI is InChI=1S/C20H24N4O7S2/c1-5-9-6-32-16-11(23-14(26)13(25)10-7-33-19(21)22-10)15(27)24(16)12(9)17(28)30-8-31-18(29)20(2,3)4/h5,7,11,13,16,25H,1,6,8H2,2-4H3,(H2,21,22)(H,23,26)/t11?,13?,16-/m0/s1. The second-order valence-corrected chi connectivity index (χ2v) is 10.2. The molecule has 1 saturated heterocycles. The highest BCUT2D eigenvalue weighted by Gasteiger charge is 2.54. The van der Waals surface area contributed by atoms with Gasteiger partial charge in [-0.25, -0.2) is 9.78 Å². The van der Waals surface area contributed by atoms with Crippen LogP contribution in [0.3, 0.4) is 0 Å². The molecule has 33 heavy (non-hydrogen) atoms. The van der Waals surface area contributed by atoms with E-state index in [1.54, 1.807) is 20.8 Å². The first-order chi connectivity index (χ1) is 15.5. The van der Waals surface area contributed by atoms with Crippen molar-refractivity contribution in [2.24, 2.45) is 5.41 Å². The lowest BCUT2D eigenvalue weighted by molar-refractivity contribution is -0.173. The maximum absolute atomic E-state index is 12.8. The SMILES string of the molecule is C=CC1=C(C(=O)OCOC(=O)C(C)(C)C)N2C(=O)C(NC(=O)C(O)c3csc(N)n3)[C@@H]2SC1. The third-order valence-corrected chi connectivity index (χ3v) is 6.79. The number of hydrogen-bond acceptors (Lipinski definition) is 11. The Hall–Kier alpha value is -2.90. The van der Waals surface area contributed by atoms with Gasteiger partial charge < -0.3 is 25.6 Å². The monoisotopic (exact) mass is 496 g/mol. The number of nitrogens with zero attached hydrogens (tertiary/aromatic N) is 2. The zero-order valence-corrected chi connectivity index (χ0v) is 19.8. The summed E-state index contributed by atoms with van der Waals surface area (Å²) in [6.45, 7) is 8.04. The van der Waals surface area contributed by atoms with Gasteiger partial charge in [0.25, 0.3) is 11.8 Å². The van der Waals surface area contributed by atoms with Crippen molar-refractivity contribution in [3.8, 4) is 0 Å². The predicted molar refractivity (Wildman–Crippen MR) is 120 cm³/mol. The van der Waals surface area contributed by atoms with Crippen molar-refractivity contribution >= 4 is 52.0 Å². The van der Waals surface area contributed by atoms with Gasteiger partial charge in [0.15, 0.2) is 11.2 Å². The number of allylic oxidation sites excluding steroid dienone is 1. The van der Waals surface area contributed by atoms with Gasteiger partial charge in [0, 0.05) is 11.1 Å². The van der Waals surface area contributed by atoms with E-state index in [2.05, 4.69) is 16.9 Å². The van der Waals surface area contributed by atoms with Gasteiger partial charge >= 0.3 is 11.9 Å². The van der Waals surface area contributed by atoms with E-state index in [4.69, 9.17) is 15.2 Å². The van der Waals surface area contributed by atoms with Gasteiger partial charge in [0.05, 0.1) is 11.1 Å². The molecule has 2 unspecified atom stereocenters. The van der Waals surface area contributed by atoms with Crippen LogP contribution in [0.1, 0.15) is 32.6 Å². The number of nitrogen functional groups attached to an aromatic ring is 1. The second-order valence-electron chi connectivity index (χ2n) is 8.22. The molecule has 11 nitrogen and oxygen atoms in total. The first-order valence-corrected chi connectivity index (χ1v) is 11.7. The zero-order chi connectivity index (χ0) is 24.5. The molecule has 13 heteroatoms. The summed E-state index contributed by atoms with van der Waals surface area (Å²) in [4.78, 5) is 54.8. The lowest BCUT2D eigenvalue weighted by Crippen LogP contribution is -2.70. The second kappa shape index (κ2) is 9.53. The fraction of sp³-hybridized carbons (Fsp3) is 0.450. The third kappa shape index (κ3) is 5.04. The van der Waals surface area contributed by atoms with Crippen LogP contribution in [-0.2, 0) is 28.7 Å². The normalized spacial score (nSPS) is 21.0. The molecule has 0 spiro atoms. The Morgan fingerprint density at radius 3 is 2.70 bits per heavy atom. The predicted octanol–water partition coefficient (Wildman–Crippen LogP) is 0.689. The minimum Gasteiger partial charge on any atom is -0.427 e. The van der Waals surface area contributed by atoms with Gasteiger partial charge in [-0.2, -0.15) is 0 Å². The summed E-state index contributed by atoms with van der Waals surface area (Å²) < 4.78 is 10.0. The molecule has 0 saturated carbocycles. The number of carbonyl (C=O) groups excluding carboxylic acids is 4. The van der Waals surface area contributed by atoms with E-state index >= 15 is 0 Å². The molecular weight excluding hydrogens is 472 g/mol. The molecule has 3 atom stereocenters. The summed E-state index contributed by atoms with van der Waals surface area (Å²) in [5, 5.41) is 13.7. The van der Waals surface area contributed by atoms with Crippen molar-refractivity contribution < 1.29 is 33.8 Å². The van der Waals surface area contributed by atoms with Gasteiger partial charge in [0.1, 0.15) is 17.1 Å². The Morgan fingerprint density at radius 1 is 1.42 bits per heavy atom. The van der Waals surface area contributed by atoms with Crippen LogP contribution in [-0.4, -0.2) is 62.7 Å². The van der Waals surface area contributed by atoms with E-state index in [1.807, 2.05) is 0 Å². The highest BCUT2D eigenvalue weighted by molar-refractivity contribution is 8.00. The quantitative estimate of drug-likeness (QED) is 0.278. The molecule has 4 N–H and O–H groups in total. The Balaban J connectivity index is 1.66. The number of carbonyl (C=O) groups is 4. The smallest absolute Gasteiger partial charge is 0.358 e. The van der Waals surface area contributed by atoms with Crippen LogP contribution in [0.25, 0.3) is 0 Å². The summed E-state index contributed by atoms with van der Waals surface area (Å²) in [6, 6.07) is -0.957. The molecule has 2 aliphatic rings. The Labute approximate surface area is 198 Å².